The van der Waals surface area contributed by atoms with E-state index in [1.54, 1.807) is 28.0 Å². The molecule has 2 aromatic heterocycles. The van der Waals surface area contributed by atoms with Gasteiger partial charge in [-0.15, -0.1) is 0 Å². The highest BCUT2D eigenvalue weighted by molar-refractivity contribution is 6.00. The van der Waals surface area contributed by atoms with Crippen LogP contribution in [0.5, 0.6) is 0 Å². The number of carbonyl (C=O) groups excluding carboxylic acids is 2. The predicted octanol–water partition coefficient (Wildman–Crippen LogP) is 4.44. The van der Waals surface area contributed by atoms with Crippen molar-refractivity contribution >= 4 is 11.8 Å². The number of fused-ring (bicyclic) bond motifs is 1. The van der Waals surface area contributed by atoms with Gasteiger partial charge in [-0.1, -0.05) is 49.6 Å². The van der Waals surface area contributed by atoms with Crippen LogP contribution in [0.4, 0.5) is 0 Å². The van der Waals surface area contributed by atoms with E-state index in [2.05, 4.69) is 22.5 Å². The van der Waals surface area contributed by atoms with E-state index in [0.29, 0.717) is 30.2 Å². The van der Waals surface area contributed by atoms with E-state index in [1.807, 2.05) is 31.2 Å². The molecule has 0 saturated heterocycles. The first-order valence-corrected chi connectivity index (χ1v) is 12.3. The average molecular weight is 461 g/mol. The van der Waals surface area contributed by atoms with Crippen molar-refractivity contribution in [2.45, 2.75) is 70.0 Å². The average Bonchev–Trinajstić information content (AvgIpc) is 3.53. The lowest BCUT2D eigenvalue weighted by Gasteiger charge is -2.44. The molecule has 1 aliphatic heterocycles. The highest BCUT2D eigenvalue weighted by Gasteiger charge is 2.48. The number of amides is 2. The van der Waals surface area contributed by atoms with Gasteiger partial charge in [0.1, 0.15) is 16.9 Å². The largest absolute Gasteiger partial charge is 0.463 e. The second kappa shape index (κ2) is 9.49. The third-order valence-corrected chi connectivity index (χ3v) is 7.19. The van der Waals surface area contributed by atoms with E-state index in [4.69, 9.17) is 4.42 Å². The lowest BCUT2D eigenvalue weighted by Crippen LogP contribution is -2.65. The summed E-state index contributed by atoms with van der Waals surface area (Å²) < 4.78 is 7.17. The van der Waals surface area contributed by atoms with Gasteiger partial charge in [-0.3, -0.25) is 14.3 Å². The van der Waals surface area contributed by atoms with Crippen molar-refractivity contribution in [1.29, 1.82) is 0 Å². The molecule has 3 aromatic rings. The molecule has 1 N–H and O–H groups in total. The molecule has 178 valence electrons. The summed E-state index contributed by atoms with van der Waals surface area (Å²) in [6.45, 7) is 2.70. The molecule has 0 unspecified atom stereocenters. The fourth-order valence-corrected chi connectivity index (χ4v) is 5.21. The first kappa shape index (κ1) is 22.4. The zero-order valence-electron chi connectivity index (χ0n) is 19.7. The molecule has 0 bridgehead atoms. The number of aromatic nitrogens is 2. The fraction of sp³-hybridized carbons (Fsp3) is 0.444. The molecule has 1 aromatic carbocycles. The summed E-state index contributed by atoms with van der Waals surface area (Å²) in [6.07, 6.45) is 8.71. The minimum atomic E-state index is -1.01. The van der Waals surface area contributed by atoms with Crippen molar-refractivity contribution < 1.29 is 14.0 Å². The van der Waals surface area contributed by atoms with Gasteiger partial charge in [0, 0.05) is 18.7 Å². The van der Waals surface area contributed by atoms with E-state index in [-0.39, 0.29) is 17.9 Å². The van der Waals surface area contributed by atoms with Crippen LogP contribution in [0.1, 0.15) is 61.5 Å². The third kappa shape index (κ3) is 4.39. The molecule has 1 fully saturated rings. The van der Waals surface area contributed by atoms with Gasteiger partial charge in [0.05, 0.1) is 12.8 Å². The van der Waals surface area contributed by atoms with Crippen LogP contribution >= 0.6 is 0 Å². The summed E-state index contributed by atoms with van der Waals surface area (Å²) in [4.78, 5) is 29.1. The number of nitrogens with one attached hydrogen (secondary N) is 1. The smallest absolute Gasteiger partial charge is 0.273 e. The summed E-state index contributed by atoms with van der Waals surface area (Å²) in [5.41, 5.74) is 1.32. The van der Waals surface area contributed by atoms with Crippen LogP contribution in [-0.4, -0.2) is 44.6 Å². The molecule has 1 aliphatic carbocycles. The number of hydrogen-bond acceptors (Lipinski definition) is 4. The molecule has 1 saturated carbocycles. The Morgan fingerprint density at radius 3 is 2.68 bits per heavy atom. The Bertz CT molecular complexity index is 1130. The quantitative estimate of drug-likeness (QED) is 0.565. The molecule has 7 heteroatoms. The van der Waals surface area contributed by atoms with E-state index in [0.717, 1.165) is 38.5 Å². The zero-order valence-corrected chi connectivity index (χ0v) is 19.7. The molecule has 3 heterocycles. The second-order valence-corrected chi connectivity index (χ2v) is 9.68. The molecule has 2 aliphatic rings. The van der Waals surface area contributed by atoms with Crippen molar-refractivity contribution in [3.63, 3.8) is 0 Å². The number of nitrogens with zero attached hydrogens (tertiary/aromatic N) is 3. The normalized spacial score (nSPS) is 20.9. The lowest BCUT2D eigenvalue weighted by molar-refractivity contribution is -0.134. The maximum absolute atomic E-state index is 13.7. The third-order valence-electron chi connectivity index (χ3n) is 7.19. The van der Waals surface area contributed by atoms with Crippen LogP contribution in [0.3, 0.4) is 0 Å². The number of benzene rings is 1. The van der Waals surface area contributed by atoms with Gasteiger partial charge in [-0.2, -0.15) is 5.10 Å². The van der Waals surface area contributed by atoms with Crippen LogP contribution in [-0.2, 0) is 17.8 Å². The van der Waals surface area contributed by atoms with Crippen molar-refractivity contribution in [3.05, 3.63) is 66.1 Å². The van der Waals surface area contributed by atoms with E-state index < -0.39 is 5.54 Å². The molecule has 0 radical (unpaired) electrons. The summed E-state index contributed by atoms with van der Waals surface area (Å²) in [5.74, 6) is 0.359. The van der Waals surface area contributed by atoms with E-state index >= 15 is 0 Å². The van der Waals surface area contributed by atoms with Gasteiger partial charge >= 0.3 is 0 Å². The lowest BCUT2D eigenvalue weighted by atomic mass is 9.91. The number of aryl methyl sites for hydroxylation is 1. The highest BCUT2D eigenvalue weighted by atomic mass is 16.3. The zero-order chi connectivity index (χ0) is 23.5. The molecule has 5 rings (SSSR count). The Morgan fingerprint density at radius 2 is 1.94 bits per heavy atom. The Hall–Kier alpha value is -3.35. The molecular formula is C27H32N4O3. The van der Waals surface area contributed by atoms with Gasteiger partial charge < -0.3 is 14.6 Å². The molecule has 2 amide bonds. The Labute approximate surface area is 200 Å². The maximum atomic E-state index is 13.7. The summed E-state index contributed by atoms with van der Waals surface area (Å²) >= 11 is 0. The van der Waals surface area contributed by atoms with Crippen LogP contribution in [0.25, 0.3) is 11.5 Å². The maximum Gasteiger partial charge on any atom is 0.273 e. The van der Waals surface area contributed by atoms with Crippen LogP contribution < -0.4 is 5.32 Å². The van der Waals surface area contributed by atoms with Gasteiger partial charge in [-0.25, -0.2) is 0 Å². The Balaban J connectivity index is 1.41. The fourth-order valence-electron chi connectivity index (χ4n) is 5.21. The first-order valence-electron chi connectivity index (χ1n) is 12.3. The summed E-state index contributed by atoms with van der Waals surface area (Å²) in [5, 5.41) is 7.89. The van der Waals surface area contributed by atoms with Crippen molar-refractivity contribution in [2.75, 3.05) is 6.54 Å². The molecule has 0 spiro atoms. The van der Waals surface area contributed by atoms with Crippen molar-refractivity contribution in [1.82, 2.24) is 20.0 Å². The Kier molecular flexibility index (Phi) is 6.26. The summed E-state index contributed by atoms with van der Waals surface area (Å²) in [6, 6.07) is 15.8. The Morgan fingerprint density at radius 1 is 1.15 bits per heavy atom. The number of carbonyl (C=O) groups is 2. The van der Waals surface area contributed by atoms with Gasteiger partial charge in [0.15, 0.2) is 5.76 Å². The predicted molar refractivity (Wildman–Crippen MR) is 129 cm³/mol. The molecular weight excluding hydrogens is 428 g/mol. The second-order valence-electron chi connectivity index (χ2n) is 9.68. The van der Waals surface area contributed by atoms with Gasteiger partial charge in [0.25, 0.3) is 5.91 Å². The first-order chi connectivity index (χ1) is 16.5. The molecule has 34 heavy (non-hydrogen) atoms. The number of hydrogen-bond donors (Lipinski definition) is 1. The standard InChI is InChI=1S/C27H32N4O3/c1-27(26(33)28-21-13-6-3-7-14-21)19-31-23(18-22(29-31)24-15-9-17-34-24)25(32)30(27)16-8-12-20-10-4-2-5-11-20/h2,4-5,9-11,15,17-18,21H,3,6-8,12-14,16,19H2,1H3,(H,28,33)/t27-/m0/s1. The van der Waals surface area contributed by atoms with Crippen LogP contribution in [0.15, 0.2) is 59.2 Å². The topological polar surface area (TPSA) is 80.4 Å². The van der Waals surface area contributed by atoms with Crippen LogP contribution in [0.2, 0.25) is 0 Å². The van der Waals surface area contributed by atoms with Gasteiger partial charge in [0.2, 0.25) is 5.91 Å². The van der Waals surface area contributed by atoms with Crippen molar-refractivity contribution in [3.8, 4) is 11.5 Å². The minimum Gasteiger partial charge on any atom is -0.463 e. The highest BCUT2D eigenvalue weighted by Crippen LogP contribution is 2.31. The van der Waals surface area contributed by atoms with E-state index in [1.165, 1.54) is 12.0 Å². The van der Waals surface area contributed by atoms with E-state index in [9.17, 15) is 9.59 Å². The van der Waals surface area contributed by atoms with Gasteiger partial charge in [-0.05, 0) is 50.3 Å². The number of furan rings is 1. The van der Waals surface area contributed by atoms with Crippen LogP contribution in [0, 0.1) is 0 Å². The number of rotatable bonds is 7. The van der Waals surface area contributed by atoms with Crippen molar-refractivity contribution in [2.24, 2.45) is 0 Å². The molecule has 1 atom stereocenters. The summed E-state index contributed by atoms with van der Waals surface area (Å²) in [7, 11) is 0. The molecule has 7 nitrogen and oxygen atoms in total. The SMILES string of the molecule is C[C@@]1(C(=O)NC2CCCCC2)Cn2nc(-c3ccco3)cc2C(=O)N1CCCc1ccccc1. The minimum absolute atomic E-state index is 0.0897. The monoisotopic (exact) mass is 460 g/mol.